The van der Waals surface area contributed by atoms with Gasteiger partial charge in [-0.3, -0.25) is 9.45 Å². The van der Waals surface area contributed by atoms with E-state index >= 15 is 0 Å². The van der Waals surface area contributed by atoms with Gasteiger partial charge in [0.2, 0.25) is 0 Å². The molecule has 1 heterocycles. The van der Waals surface area contributed by atoms with E-state index in [0.717, 1.165) is 22.3 Å². The van der Waals surface area contributed by atoms with Crippen LogP contribution in [-0.2, 0) is 15.7 Å². The van der Waals surface area contributed by atoms with Gasteiger partial charge in [0.1, 0.15) is 5.75 Å². The minimum Gasteiger partial charge on any atom is -0.507 e. The zero-order chi connectivity index (χ0) is 24.3. The molecule has 2 aromatic carbocycles. The van der Waals surface area contributed by atoms with Crippen LogP contribution in [0.3, 0.4) is 0 Å². The van der Waals surface area contributed by atoms with Crippen LogP contribution >= 0.6 is 11.6 Å². The monoisotopic (exact) mass is 485 g/mol. The summed E-state index contributed by atoms with van der Waals surface area (Å²) < 4.78 is 25.9. The first-order valence-corrected chi connectivity index (χ1v) is 12.6. The highest BCUT2D eigenvalue weighted by Crippen LogP contribution is 2.36. The van der Waals surface area contributed by atoms with Gasteiger partial charge >= 0.3 is 0 Å². The number of halogens is 1. The van der Waals surface area contributed by atoms with Gasteiger partial charge in [-0.25, -0.2) is 0 Å². The highest BCUT2D eigenvalue weighted by Gasteiger charge is 2.36. The molecule has 0 spiro atoms. The molecule has 1 aliphatic heterocycles. The number of hydrogen-bond donors (Lipinski definition) is 4. The van der Waals surface area contributed by atoms with E-state index in [0.29, 0.717) is 37.2 Å². The van der Waals surface area contributed by atoms with Crippen LogP contribution in [0.4, 0.5) is 0 Å². The molecule has 2 unspecified atom stereocenters. The van der Waals surface area contributed by atoms with Crippen molar-refractivity contribution in [1.29, 1.82) is 0 Å². The topological polar surface area (TPSA) is 118 Å². The Bertz CT molecular complexity index is 986. The smallest absolute Gasteiger partial charge is 0.261 e. The van der Waals surface area contributed by atoms with E-state index in [1.807, 2.05) is 57.2 Å². The van der Waals surface area contributed by atoms with Crippen molar-refractivity contribution in [2.45, 2.75) is 51.4 Å². The first-order valence-electron chi connectivity index (χ1n) is 10.3. The number of phenols is 1. The van der Waals surface area contributed by atoms with Crippen LogP contribution in [0.1, 0.15) is 48.1 Å². The van der Waals surface area contributed by atoms with E-state index in [2.05, 4.69) is 4.90 Å². The van der Waals surface area contributed by atoms with Crippen molar-refractivity contribution >= 4 is 21.7 Å². The highest BCUT2D eigenvalue weighted by molar-refractivity contribution is 7.85. The molecule has 2 atom stereocenters. The predicted octanol–water partition coefficient (Wildman–Crippen LogP) is 3.57. The zero-order valence-electron chi connectivity index (χ0n) is 18.8. The lowest BCUT2D eigenvalue weighted by Gasteiger charge is -2.42. The second kappa shape index (κ2) is 10.5. The Labute approximate surface area is 195 Å². The quantitative estimate of drug-likeness (QED) is 0.489. The predicted molar refractivity (Wildman–Crippen MR) is 126 cm³/mol. The lowest BCUT2D eigenvalue weighted by Crippen LogP contribution is -2.47. The maximum Gasteiger partial charge on any atom is 0.261 e. The summed E-state index contributed by atoms with van der Waals surface area (Å²) in [5.41, 5.74) is 2.40. The zero-order valence-corrected chi connectivity index (χ0v) is 20.4. The van der Waals surface area contributed by atoms with Crippen molar-refractivity contribution in [3.05, 3.63) is 63.7 Å². The van der Waals surface area contributed by atoms with Crippen LogP contribution in [0.25, 0.3) is 0 Å². The maximum atomic E-state index is 11.0. The largest absolute Gasteiger partial charge is 0.507 e. The van der Waals surface area contributed by atoms with Gasteiger partial charge in [-0.2, -0.15) is 8.42 Å². The van der Waals surface area contributed by atoms with Gasteiger partial charge in [0.25, 0.3) is 10.1 Å². The minimum absolute atomic E-state index is 0.0805. The van der Waals surface area contributed by atoms with Gasteiger partial charge in [-0.15, -0.1) is 0 Å². The molecular weight excluding hydrogens is 454 g/mol. The maximum absolute atomic E-state index is 11.0. The van der Waals surface area contributed by atoms with E-state index in [4.69, 9.17) is 16.2 Å². The number of aliphatic hydroxyl groups is 2. The summed E-state index contributed by atoms with van der Waals surface area (Å²) in [6.07, 6.45) is 1.29. The molecular formula is C23H32ClNO6S. The van der Waals surface area contributed by atoms with Crippen LogP contribution in [-0.4, -0.2) is 58.6 Å². The third kappa shape index (κ3) is 7.16. The molecule has 0 saturated carbocycles. The van der Waals surface area contributed by atoms with Crippen molar-refractivity contribution < 1.29 is 28.3 Å². The third-order valence-electron chi connectivity index (χ3n) is 5.89. The van der Waals surface area contributed by atoms with Crippen LogP contribution in [0.15, 0.2) is 36.4 Å². The number of aromatic hydroxyl groups is 1. The van der Waals surface area contributed by atoms with E-state index in [9.17, 15) is 23.7 Å². The normalized spacial score (nSPS) is 18.4. The molecule has 32 heavy (non-hydrogen) atoms. The van der Waals surface area contributed by atoms with Crippen molar-refractivity contribution in [1.82, 2.24) is 4.90 Å². The Morgan fingerprint density at radius 3 is 1.94 bits per heavy atom. The van der Waals surface area contributed by atoms with Crippen LogP contribution < -0.4 is 0 Å². The SMILES string of the molecule is CS(=O)(=O)O.Cc1cc(C(O)C(C)N2CCC(O)(c3ccc(Cl)cc3)CC2)cc(C)c1O. The first-order chi connectivity index (χ1) is 14.7. The molecule has 1 saturated heterocycles. The van der Waals surface area contributed by atoms with Gasteiger partial charge in [-0.05, 0) is 80.1 Å². The molecule has 7 nitrogen and oxygen atoms in total. The highest BCUT2D eigenvalue weighted by atomic mass is 35.5. The number of aliphatic hydroxyl groups excluding tert-OH is 1. The summed E-state index contributed by atoms with van der Waals surface area (Å²) in [5.74, 6) is 0.282. The lowest BCUT2D eigenvalue weighted by atomic mass is 9.83. The van der Waals surface area contributed by atoms with Crippen molar-refractivity contribution in [3.63, 3.8) is 0 Å². The molecule has 0 aliphatic carbocycles. The van der Waals surface area contributed by atoms with Crippen LogP contribution in [0.5, 0.6) is 5.75 Å². The number of nitrogens with zero attached hydrogens (tertiary/aromatic N) is 1. The summed E-state index contributed by atoms with van der Waals surface area (Å²) in [7, 11) is -3.67. The molecule has 178 valence electrons. The third-order valence-corrected chi connectivity index (χ3v) is 6.15. The number of hydrogen-bond acceptors (Lipinski definition) is 6. The Morgan fingerprint density at radius 2 is 1.50 bits per heavy atom. The fourth-order valence-corrected chi connectivity index (χ4v) is 4.11. The summed E-state index contributed by atoms with van der Waals surface area (Å²) in [6.45, 7) is 7.10. The average Bonchev–Trinajstić information content (AvgIpc) is 2.70. The van der Waals surface area contributed by atoms with E-state index in [1.165, 1.54) is 0 Å². The average molecular weight is 486 g/mol. The van der Waals surface area contributed by atoms with Gasteiger partial charge < -0.3 is 15.3 Å². The van der Waals surface area contributed by atoms with E-state index in [-0.39, 0.29) is 11.8 Å². The molecule has 0 aromatic heterocycles. The molecule has 9 heteroatoms. The Kier molecular flexibility index (Phi) is 8.72. The minimum atomic E-state index is -3.67. The van der Waals surface area contributed by atoms with Gasteiger partial charge in [0.05, 0.1) is 18.0 Å². The Hall–Kier alpha value is -1.68. The second-order valence-corrected chi connectivity index (χ2v) is 10.4. The Morgan fingerprint density at radius 1 is 1.06 bits per heavy atom. The first kappa shape index (κ1) is 26.6. The summed E-state index contributed by atoms with van der Waals surface area (Å²) in [6, 6.07) is 11.0. The lowest BCUT2D eigenvalue weighted by molar-refractivity contribution is -0.0501. The molecule has 3 rings (SSSR count). The molecule has 2 aromatic rings. The molecule has 4 N–H and O–H groups in total. The van der Waals surface area contributed by atoms with Crippen molar-refractivity contribution in [2.75, 3.05) is 19.3 Å². The van der Waals surface area contributed by atoms with Gasteiger partial charge in [0, 0.05) is 24.2 Å². The number of rotatable bonds is 4. The fraction of sp³-hybridized carbons (Fsp3) is 0.478. The Balaban J connectivity index is 0.000000654. The standard InChI is InChI=1S/C22H28ClNO3.CH4O3S/c1-14-12-17(13-15(2)20(14)25)21(26)16(3)24-10-8-22(27,9-11-24)18-4-6-19(23)7-5-18;1-5(2,3)4/h4-7,12-13,16,21,25-27H,8-11H2,1-3H3;1H3,(H,2,3,4). The second-order valence-electron chi connectivity index (χ2n) is 8.50. The number of aryl methyl sites for hydroxylation is 2. The summed E-state index contributed by atoms with van der Waals surface area (Å²) in [5, 5.41) is 32.5. The van der Waals surface area contributed by atoms with Crippen LogP contribution in [0.2, 0.25) is 5.02 Å². The number of phenolic OH excluding ortho intramolecular Hbond substituents is 1. The fourth-order valence-electron chi connectivity index (χ4n) is 3.99. The van der Waals surface area contributed by atoms with Gasteiger partial charge in [-0.1, -0.05) is 23.7 Å². The number of likely N-dealkylation sites (tertiary alicyclic amines) is 1. The summed E-state index contributed by atoms with van der Waals surface area (Å²) >= 11 is 5.95. The van der Waals surface area contributed by atoms with Crippen LogP contribution in [0, 0.1) is 13.8 Å². The summed E-state index contributed by atoms with van der Waals surface area (Å²) in [4.78, 5) is 2.21. The molecule has 0 bridgehead atoms. The number of piperidine rings is 1. The number of benzene rings is 2. The molecule has 0 radical (unpaired) electrons. The molecule has 1 fully saturated rings. The van der Waals surface area contributed by atoms with E-state index < -0.39 is 21.8 Å². The van der Waals surface area contributed by atoms with Gasteiger partial charge in [0.15, 0.2) is 0 Å². The van der Waals surface area contributed by atoms with E-state index in [1.54, 1.807) is 0 Å². The van der Waals surface area contributed by atoms with Crippen molar-refractivity contribution in [2.24, 2.45) is 0 Å². The van der Waals surface area contributed by atoms with Crippen molar-refractivity contribution in [3.8, 4) is 5.75 Å². The molecule has 0 amide bonds. The molecule has 1 aliphatic rings.